The van der Waals surface area contributed by atoms with Crippen LogP contribution < -0.4 is 10.1 Å². The Morgan fingerprint density at radius 1 is 1.10 bits per heavy atom. The number of benzene rings is 1. The SMILES string of the molecule is COC(=O)c1cccc(OC2CN=C(NC(=O)C(OC3CCOCC3)c3ccc(S(=O)(=O)C4CCCC4)nc3)S2)c1. The van der Waals surface area contributed by atoms with Crippen LogP contribution in [-0.4, -0.2) is 74.1 Å². The van der Waals surface area contributed by atoms with Crippen molar-refractivity contribution in [3.8, 4) is 5.75 Å². The summed E-state index contributed by atoms with van der Waals surface area (Å²) in [5, 5.41) is 2.81. The van der Waals surface area contributed by atoms with Crippen LogP contribution in [-0.2, 0) is 28.8 Å². The minimum absolute atomic E-state index is 0.0188. The van der Waals surface area contributed by atoms with E-state index in [1.807, 2.05) is 0 Å². The number of nitrogens with zero attached hydrogens (tertiary/aromatic N) is 2. The Kier molecular flexibility index (Phi) is 9.58. The number of methoxy groups -OCH3 is 1. The molecular weight excluding hydrogens is 570 g/mol. The molecule has 13 heteroatoms. The van der Waals surface area contributed by atoms with Gasteiger partial charge in [-0.1, -0.05) is 25.0 Å². The van der Waals surface area contributed by atoms with Gasteiger partial charge in [0.2, 0.25) is 0 Å². The van der Waals surface area contributed by atoms with Crippen molar-refractivity contribution in [2.45, 2.75) is 66.4 Å². The van der Waals surface area contributed by atoms with Gasteiger partial charge in [-0.2, -0.15) is 0 Å². The molecule has 3 heterocycles. The molecule has 1 amide bonds. The zero-order valence-electron chi connectivity index (χ0n) is 22.7. The number of hydrogen-bond acceptors (Lipinski definition) is 11. The van der Waals surface area contributed by atoms with Gasteiger partial charge in [0.25, 0.3) is 5.91 Å². The monoisotopic (exact) mass is 603 g/mol. The van der Waals surface area contributed by atoms with E-state index < -0.39 is 38.5 Å². The number of esters is 1. The van der Waals surface area contributed by atoms with E-state index in [0.29, 0.717) is 67.5 Å². The molecular formula is C28H33N3O8S2. The van der Waals surface area contributed by atoms with Crippen molar-refractivity contribution in [3.05, 3.63) is 53.7 Å². The van der Waals surface area contributed by atoms with Crippen LogP contribution in [0, 0.1) is 0 Å². The third-order valence-electron chi connectivity index (χ3n) is 7.21. The standard InChI is InChI=1S/C28H33N3O8S2/c1-36-27(33)18-5-4-6-21(15-18)38-24-17-30-28(40-24)31-26(32)25(39-20-11-13-37-14-12-20)19-9-10-23(29-16-19)41(34,35)22-7-2-3-8-22/h4-6,9-10,15-16,20,22,24-25H,2-3,7-8,11-14,17H2,1H3,(H,30,31,32). The maximum absolute atomic E-state index is 13.5. The number of hydrogen-bond donors (Lipinski definition) is 1. The molecule has 0 bridgehead atoms. The third kappa shape index (κ3) is 7.26. The van der Waals surface area contributed by atoms with Gasteiger partial charge in [-0.25, -0.2) is 18.2 Å². The molecule has 1 aliphatic carbocycles. The summed E-state index contributed by atoms with van der Waals surface area (Å²) in [4.78, 5) is 34.0. The fraction of sp³-hybridized carbons (Fsp3) is 0.500. The number of amides is 1. The van der Waals surface area contributed by atoms with Crippen LogP contribution in [0.2, 0.25) is 0 Å². The van der Waals surface area contributed by atoms with Crippen molar-refractivity contribution in [1.29, 1.82) is 0 Å². The van der Waals surface area contributed by atoms with Gasteiger partial charge < -0.3 is 24.3 Å². The first-order valence-corrected chi connectivity index (χ1v) is 16.1. The molecule has 2 aromatic rings. The Balaban J connectivity index is 1.25. The first-order valence-electron chi connectivity index (χ1n) is 13.6. The predicted octanol–water partition coefficient (Wildman–Crippen LogP) is 3.45. The molecule has 2 atom stereocenters. The van der Waals surface area contributed by atoms with Gasteiger partial charge in [0.05, 0.1) is 30.6 Å². The Hall–Kier alpha value is -3.00. The minimum Gasteiger partial charge on any atom is -0.477 e. The molecule has 1 saturated heterocycles. The number of amidine groups is 1. The number of pyridine rings is 1. The van der Waals surface area contributed by atoms with Crippen molar-refractivity contribution >= 4 is 38.6 Å². The number of aromatic nitrogens is 1. The van der Waals surface area contributed by atoms with Crippen LogP contribution in [0.5, 0.6) is 5.75 Å². The van der Waals surface area contributed by atoms with E-state index in [9.17, 15) is 18.0 Å². The van der Waals surface area contributed by atoms with Crippen LogP contribution in [0.1, 0.15) is 60.6 Å². The number of carbonyl (C=O) groups is 2. The number of carbonyl (C=O) groups excluding carboxylic acids is 2. The molecule has 1 saturated carbocycles. The van der Waals surface area contributed by atoms with Crippen molar-refractivity contribution < 1.29 is 37.0 Å². The van der Waals surface area contributed by atoms with Gasteiger partial charge in [-0.3, -0.25) is 9.79 Å². The molecule has 2 unspecified atom stereocenters. The van der Waals surface area contributed by atoms with Gasteiger partial charge in [0.15, 0.2) is 31.6 Å². The maximum Gasteiger partial charge on any atom is 0.337 e. The van der Waals surface area contributed by atoms with Gasteiger partial charge in [0, 0.05) is 25.0 Å². The first kappa shape index (κ1) is 29.5. The molecule has 41 heavy (non-hydrogen) atoms. The molecule has 1 N–H and O–H groups in total. The highest BCUT2D eigenvalue weighted by molar-refractivity contribution is 8.14. The summed E-state index contributed by atoms with van der Waals surface area (Å²) in [5.74, 6) is -0.426. The lowest BCUT2D eigenvalue weighted by molar-refractivity contribution is -0.140. The number of aliphatic imine (C=N–C) groups is 1. The average molecular weight is 604 g/mol. The zero-order valence-corrected chi connectivity index (χ0v) is 24.3. The van der Waals surface area contributed by atoms with Crippen LogP contribution in [0.25, 0.3) is 0 Å². The Labute approximate surface area is 243 Å². The van der Waals surface area contributed by atoms with E-state index in [1.165, 1.54) is 31.1 Å². The third-order valence-corrected chi connectivity index (χ3v) is 10.3. The lowest BCUT2D eigenvalue weighted by atomic mass is 10.1. The second-order valence-electron chi connectivity index (χ2n) is 10.0. The molecule has 2 fully saturated rings. The lowest BCUT2D eigenvalue weighted by Gasteiger charge is -2.27. The van der Waals surface area contributed by atoms with E-state index in [-0.39, 0.29) is 11.1 Å². The van der Waals surface area contributed by atoms with Crippen molar-refractivity contribution in [2.75, 3.05) is 26.9 Å². The van der Waals surface area contributed by atoms with Gasteiger partial charge in [-0.05, 0) is 61.7 Å². The summed E-state index contributed by atoms with van der Waals surface area (Å²) in [6, 6.07) is 9.70. The fourth-order valence-corrected chi connectivity index (χ4v) is 7.62. The number of sulfone groups is 1. The minimum atomic E-state index is -3.52. The number of nitrogens with one attached hydrogen (secondary N) is 1. The molecule has 0 spiro atoms. The Morgan fingerprint density at radius 3 is 2.59 bits per heavy atom. The molecule has 0 radical (unpaired) electrons. The predicted molar refractivity (Wildman–Crippen MR) is 152 cm³/mol. The van der Waals surface area contributed by atoms with E-state index in [1.54, 1.807) is 30.3 Å². The quantitative estimate of drug-likeness (QED) is 0.424. The Morgan fingerprint density at radius 2 is 1.88 bits per heavy atom. The van der Waals surface area contributed by atoms with Crippen LogP contribution in [0.15, 0.2) is 52.6 Å². The van der Waals surface area contributed by atoms with Crippen LogP contribution in [0.4, 0.5) is 0 Å². The maximum atomic E-state index is 13.5. The highest BCUT2D eigenvalue weighted by atomic mass is 32.2. The largest absolute Gasteiger partial charge is 0.477 e. The topological polar surface area (TPSA) is 142 Å². The molecule has 1 aromatic heterocycles. The molecule has 5 rings (SSSR count). The lowest BCUT2D eigenvalue weighted by Crippen LogP contribution is -2.37. The molecule has 3 aliphatic rings. The van der Waals surface area contributed by atoms with E-state index in [0.717, 1.165) is 12.8 Å². The summed E-state index contributed by atoms with van der Waals surface area (Å²) < 4.78 is 48.3. The normalized spacial score (nSPS) is 20.8. The average Bonchev–Trinajstić information content (AvgIpc) is 3.69. The van der Waals surface area contributed by atoms with Gasteiger partial charge in [0.1, 0.15) is 5.75 Å². The fourth-order valence-electron chi connectivity index (χ4n) is 5.00. The summed E-state index contributed by atoms with van der Waals surface area (Å²) >= 11 is 1.24. The smallest absolute Gasteiger partial charge is 0.337 e. The Bertz CT molecular complexity index is 1370. The van der Waals surface area contributed by atoms with Crippen LogP contribution >= 0.6 is 11.8 Å². The number of ether oxygens (including phenoxy) is 4. The number of thioether (sulfide) groups is 1. The summed E-state index contributed by atoms with van der Waals surface area (Å²) in [5.41, 5.74) is 0.413. The second-order valence-corrected chi connectivity index (χ2v) is 13.4. The molecule has 11 nitrogen and oxygen atoms in total. The summed E-state index contributed by atoms with van der Waals surface area (Å²) in [6.07, 6.45) is 4.56. The molecule has 220 valence electrons. The molecule has 1 aromatic carbocycles. The van der Waals surface area contributed by atoms with E-state index >= 15 is 0 Å². The number of rotatable bonds is 9. The zero-order chi connectivity index (χ0) is 28.8. The van der Waals surface area contributed by atoms with Gasteiger partial charge >= 0.3 is 5.97 Å². The second kappa shape index (κ2) is 13.3. The van der Waals surface area contributed by atoms with Gasteiger partial charge in [-0.15, -0.1) is 0 Å². The van der Waals surface area contributed by atoms with E-state index in [4.69, 9.17) is 18.9 Å². The van der Waals surface area contributed by atoms with Crippen molar-refractivity contribution in [2.24, 2.45) is 4.99 Å². The molecule has 2 aliphatic heterocycles. The highest BCUT2D eigenvalue weighted by Gasteiger charge is 2.33. The summed E-state index contributed by atoms with van der Waals surface area (Å²) in [6.45, 7) is 1.37. The van der Waals surface area contributed by atoms with E-state index in [2.05, 4.69) is 15.3 Å². The first-order chi connectivity index (χ1) is 19.8. The van der Waals surface area contributed by atoms with Crippen molar-refractivity contribution in [1.82, 2.24) is 10.3 Å². The van der Waals surface area contributed by atoms with Crippen LogP contribution in [0.3, 0.4) is 0 Å². The highest BCUT2D eigenvalue weighted by Crippen LogP contribution is 2.31. The van der Waals surface area contributed by atoms with Crippen molar-refractivity contribution in [3.63, 3.8) is 0 Å². The summed E-state index contributed by atoms with van der Waals surface area (Å²) in [7, 11) is -2.21.